The van der Waals surface area contributed by atoms with Crippen molar-refractivity contribution in [3.63, 3.8) is 0 Å². The first kappa shape index (κ1) is 25.4. The molecule has 1 atom stereocenters. The van der Waals surface area contributed by atoms with E-state index < -0.39 is 0 Å². The maximum atomic E-state index is 13.4. The first-order valence-electron chi connectivity index (χ1n) is 12.1. The molecule has 1 unspecified atom stereocenters. The van der Waals surface area contributed by atoms with Gasteiger partial charge in [0.25, 0.3) is 5.56 Å². The Labute approximate surface area is 201 Å². The number of para-hydroxylation sites is 1. The molecule has 3 aromatic rings. The van der Waals surface area contributed by atoms with Gasteiger partial charge < -0.3 is 15.0 Å². The normalized spacial score (nSPS) is 12.2. The lowest BCUT2D eigenvalue weighted by atomic mass is 10.0. The predicted molar refractivity (Wildman–Crippen MR) is 137 cm³/mol. The largest absolute Gasteiger partial charge is 0.383 e. The SMILES string of the molecule is CCCN(C(=O)Nc1ccc(C(C)C)cc1)C(CC)c1nc2ccccc2c(=O)n1CCOC. The van der Waals surface area contributed by atoms with Crippen molar-refractivity contribution in [3.05, 3.63) is 70.3 Å². The predicted octanol–water partition coefficient (Wildman–Crippen LogP) is 5.56. The van der Waals surface area contributed by atoms with E-state index in [1.54, 1.807) is 22.6 Å². The molecule has 2 amide bonds. The number of carbonyl (C=O) groups is 1. The van der Waals surface area contributed by atoms with Crippen molar-refractivity contribution < 1.29 is 9.53 Å². The maximum Gasteiger partial charge on any atom is 0.322 e. The minimum atomic E-state index is -0.357. The van der Waals surface area contributed by atoms with Crippen LogP contribution >= 0.6 is 0 Å². The summed E-state index contributed by atoms with van der Waals surface area (Å²) < 4.78 is 6.92. The summed E-state index contributed by atoms with van der Waals surface area (Å²) in [6, 6.07) is 14.7. The van der Waals surface area contributed by atoms with Gasteiger partial charge in [-0.15, -0.1) is 0 Å². The Morgan fingerprint density at radius 2 is 1.82 bits per heavy atom. The minimum absolute atomic E-state index is 0.114. The molecule has 182 valence electrons. The third-order valence-electron chi connectivity index (χ3n) is 6.03. The van der Waals surface area contributed by atoms with Gasteiger partial charge in [0.05, 0.1) is 30.1 Å². The Bertz CT molecular complexity index is 1150. The average molecular weight is 465 g/mol. The number of anilines is 1. The number of rotatable bonds is 10. The number of aromatic nitrogens is 2. The van der Waals surface area contributed by atoms with E-state index >= 15 is 0 Å². The topological polar surface area (TPSA) is 76.5 Å². The van der Waals surface area contributed by atoms with E-state index in [0.717, 1.165) is 12.1 Å². The molecule has 0 fully saturated rings. The molecule has 0 aliphatic rings. The van der Waals surface area contributed by atoms with Gasteiger partial charge in [-0.05, 0) is 48.6 Å². The zero-order valence-corrected chi connectivity index (χ0v) is 20.9. The van der Waals surface area contributed by atoms with E-state index in [1.165, 1.54) is 5.56 Å². The fourth-order valence-corrected chi connectivity index (χ4v) is 4.17. The van der Waals surface area contributed by atoms with Gasteiger partial charge in [-0.3, -0.25) is 9.36 Å². The van der Waals surface area contributed by atoms with Crippen LogP contribution in [0.15, 0.2) is 53.3 Å². The van der Waals surface area contributed by atoms with E-state index in [4.69, 9.17) is 9.72 Å². The molecule has 1 aromatic heterocycles. The summed E-state index contributed by atoms with van der Waals surface area (Å²) in [5.74, 6) is 1.01. The number of nitrogens with zero attached hydrogens (tertiary/aromatic N) is 3. The van der Waals surface area contributed by atoms with Crippen molar-refractivity contribution >= 4 is 22.6 Å². The van der Waals surface area contributed by atoms with Gasteiger partial charge >= 0.3 is 6.03 Å². The molecular weight excluding hydrogens is 428 g/mol. The highest BCUT2D eigenvalue weighted by atomic mass is 16.5. The first-order valence-corrected chi connectivity index (χ1v) is 12.1. The Kier molecular flexibility index (Phi) is 8.82. The molecule has 34 heavy (non-hydrogen) atoms. The van der Waals surface area contributed by atoms with Crippen LogP contribution in [0.5, 0.6) is 0 Å². The fraction of sp³-hybridized carbons (Fsp3) is 0.444. The highest BCUT2D eigenvalue weighted by molar-refractivity contribution is 5.89. The Morgan fingerprint density at radius 3 is 2.44 bits per heavy atom. The van der Waals surface area contributed by atoms with E-state index in [-0.39, 0.29) is 17.6 Å². The molecule has 1 N–H and O–H groups in total. The summed E-state index contributed by atoms with van der Waals surface area (Å²) in [5.41, 5.74) is 2.49. The van der Waals surface area contributed by atoms with Crippen molar-refractivity contribution in [2.24, 2.45) is 0 Å². The van der Waals surface area contributed by atoms with Crippen LogP contribution in [0.4, 0.5) is 10.5 Å². The van der Waals surface area contributed by atoms with Crippen molar-refractivity contribution in [1.29, 1.82) is 0 Å². The molecule has 1 heterocycles. The number of benzene rings is 2. The molecule has 3 rings (SSSR count). The number of hydrogen-bond donors (Lipinski definition) is 1. The fourth-order valence-electron chi connectivity index (χ4n) is 4.17. The lowest BCUT2D eigenvalue weighted by molar-refractivity contribution is 0.169. The lowest BCUT2D eigenvalue weighted by Crippen LogP contribution is -2.41. The summed E-state index contributed by atoms with van der Waals surface area (Å²) in [4.78, 5) is 33.5. The van der Waals surface area contributed by atoms with E-state index in [1.807, 2.05) is 56.3 Å². The quantitative estimate of drug-likeness (QED) is 0.426. The van der Waals surface area contributed by atoms with Gasteiger partial charge in [-0.1, -0.05) is 52.0 Å². The smallest absolute Gasteiger partial charge is 0.322 e. The maximum absolute atomic E-state index is 13.4. The van der Waals surface area contributed by atoms with Crippen LogP contribution in [0, 0.1) is 0 Å². The standard InChI is InChI=1S/C27H36N4O3/c1-6-16-30(27(33)28-21-14-12-20(13-15-21)19(3)4)24(7-2)25-29-23-11-9-8-10-22(23)26(32)31(25)17-18-34-5/h8-15,19,24H,6-7,16-18H2,1-5H3,(H,28,33). The van der Waals surface area contributed by atoms with Crippen LogP contribution in [-0.2, 0) is 11.3 Å². The summed E-state index contributed by atoms with van der Waals surface area (Å²) >= 11 is 0. The molecular formula is C27H36N4O3. The molecule has 0 radical (unpaired) electrons. The zero-order chi connectivity index (χ0) is 24.7. The van der Waals surface area contributed by atoms with Crippen molar-refractivity contribution in [3.8, 4) is 0 Å². The molecule has 0 spiro atoms. The summed E-state index contributed by atoms with van der Waals surface area (Å²) in [6.07, 6.45) is 1.41. The Morgan fingerprint density at radius 1 is 1.12 bits per heavy atom. The Hall–Kier alpha value is -3.19. The second kappa shape index (κ2) is 11.8. The summed E-state index contributed by atoms with van der Waals surface area (Å²) in [6.45, 7) is 9.63. The van der Waals surface area contributed by atoms with Crippen molar-refractivity contribution in [2.45, 2.75) is 59.0 Å². The lowest BCUT2D eigenvalue weighted by Gasteiger charge is -2.32. The minimum Gasteiger partial charge on any atom is -0.383 e. The van der Waals surface area contributed by atoms with Crippen LogP contribution in [0.3, 0.4) is 0 Å². The third kappa shape index (κ3) is 5.65. The second-order valence-electron chi connectivity index (χ2n) is 8.76. The van der Waals surface area contributed by atoms with Gasteiger partial charge in [-0.2, -0.15) is 0 Å². The monoisotopic (exact) mass is 464 g/mol. The number of amides is 2. The first-order chi connectivity index (χ1) is 16.4. The number of hydrogen-bond acceptors (Lipinski definition) is 4. The van der Waals surface area contributed by atoms with Crippen LogP contribution in [0.2, 0.25) is 0 Å². The van der Waals surface area contributed by atoms with Gasteiger partial charge in [0, 0.05) is 19.3 Å². The third-order valence-corrected chi connectivity index (χ3v) is 6.03. The van der Waals surface area contributed by atoms with Gasteiger partial charge in [0.1, 0.15) is 5.82 Å². The number of methoxy groups -OCH3 is 1. The highest BCUT2D eigenvalue weighted by Gasteiger charge is 2.28. The van der Waals surface area contributed by atoms with Crippen LogP contribution in [-0.4, -0.2) is 40.7 Å². The van der Waals surface area contributed by atoms with E-state index in [2.05, 4.69) is 19.2 Å². The van der Waals surface area contributed by atoms with Gasteiger partial charge in [0.15, 0.2) is 0 Å². The van der Waals surface area contributed by atoms with E-state index in [9.17, 15) is 9.59 Å². The van der Waals surface area contributed by atoms with Crippen LogP contribution in [0.25, 0.3) is 10.9 Å². The summed E-state index contributed by atoms with van der Waals surface area (Å²) in [5, 5.41) is 3.60. The van der Waals surface area contributed by atoms with E-state index in [0.29, 0.717) is 48.8 Å². The molecule has 0 aliphatic carbocycles. The molecule has 0 saturated heterocycles. The van der Waals surface area contributed by atoms with Crippen LogP contribution < -0.4 is 10.9 Å². The number of fused-ring (bicyclic) bond motifs is 1. The molecule has 0 saturated carbocycles. The van der Waals surface area contributed by atoms with Crippen molar-refractivity contribution in [2.75, 3.05) is 25.6 Å². The zero-order valence-electron chi connectivity index (χ0n) is 20.9. The molecule has 2 aromatic carbocycles. The second-order valence-corrected chi connectivity index (χ2v) is 8.76. The number of nitrogens with one attached hydrogen (secondary N) is 1. The van der Waals surface area contributed by atoms with Gasteiger partial charge in [0.2, 0.25) is 0 Å². The number of ether oxygens (including phenoxy) is 1. The average Bonchev–Trinajstić information content (AvgIpc) is 2.84. The van der Waals surface area contributed by atoms with Gasteiger partial charge in [-0.25, -0.2) is 9.78 Å². The molecule has 7 nitrogen and oxygen atoms in total. The molecule has 7 heteroatoms. The Balaban J connectivity index is 2.00. The van der Waals surface area contributed by atoms with Crippen molar-refractivity contribution in [1.82, 2.24) is 14.5 Å². The highest BCUT2D eigenvalue weighted by Crippen LogP contribution is 2.26. The van der Waals surface area contributed by atoms with Crippen LogP contribution in [0.1, 0.15) is 63.9 Å². The number of urea groups is 1. The molecule has 0 bridgehead atoms. The number of carbonyl (C=O) groups excluding carboxylic acids is 1. The summed E-state index contributed by atoms with van der Waals surface area (Å²) in [7, 11) is 1.61. The molecule has 0 aliphatic heterocycles.